The molecule has 4 heteroatoms. The van der Waals surface area contributed by atoms with Crippen molar-refractivity contribution in [1.82, 2.24) is 10.6 Å². The molecule has 17 heavy (non-hydrogen) atoms. The molecule has 3 nitrogen and oxygen atoms in total. The summed E-state index contributed by atoms with van der Waals surface area (Å²) in [5.41, 5.74) is -0.101. The zero-order valence-electron chi connectivity index (χ0n) is 11.5. The molecule has 0 aromatic heterocycles. The average molecular weight is 258 g/mol. The van der Waals surface area contributed by atoms with Gasteiger partial charge in [0.2, 0.25) is 5.91 Å². The van der Waals surface area contributed by atoms with Crippen LogP contribution in [0.2, 0.25) is 0 Å². The van der Waals surface area contributed by atoms with Crippen molar-refractivity contribution in [3.05, 3.63) is 0 Å². The Balaban J connectivity index is 2.26. The van der Waals surface area contributed by atoms with E-state index in [-0.39, 0.29) is 17.5 Å². The first-order chi connectivity index (χ1) is 7.94. The molecule has 2 unspecified atom stereocenters. The van der Waals surface area contributed by atoms with Gasteiger partial charge in [-0.3, -0.25) is 4.79 Å². The summed E-state index contributed by atoms with van der Waals surface area (Å²) in [6, 6.07) is -0.0913. The summed E-state index contributed by atoms with van der Waals surface area (Å²) < 4.78 is 0. The lowest BCUT2D eigenvalue weighted by molar-refractivity contribution is -0.124. The minimum Gasteiger partial charge on any atom is -0.350 e. The average Bonchev–Trinajstić information content (AvgIpc) is 2.78. The Morgan fingerprint density at radius 1 is 1.53 bits per heavy atom. The zero-order chi connectivity index (χ0) is 12.9. The number of nitrogens with one attached hydrogen (secondary N) is 2. The smallest absolute Gasteiger partial charge is 0.237 e. The predicted octanol–water partition coefficient (Wildman–Crippen LogP) is 2.02. The van der Waals surface area contributed by atoms with E-state index < -0.39 is 0 Å². The van der Waals surface area contributed by atoms with E-state index in [4.69, 9.17) is 0 Å². The van der Waals surface area contributed by atoms with Gasteiger partial charge in [0.15, 0.2) is 0 Å². The lowest BCUT2D eigenvalue weighted by Gasteiger charge is -2.27. The Bertz CT molecular complexity index is 250. The Morgan fingerprint density at radius 3 is 2.76 bits per heavy atom. The quantitative estimate of drug-likeness (QED) is 0.766. The number of carbonyl (C=O) groups excluding carboxylic acids is 1. The lowest BCUT2D eigenvalue weighted by Crippen LogP contribution is -2.51. The maximum Gasteiger partial charge on any atom is 0.237 e. The first kappa shape index (κ1) is 14.8. The minimum absolute atomic E-state index is 0.0913. The fourth-order valence-electron chi connectivity index (χ4n) is 1.71. The Hall–Kier alpha value is -0.220. The normalized spacial score (nSPS) is 22.5. The Labute approximate surface area is 109 Å². The first-order valence-corrected chi connectivity index (χ1v) is 7.73. The molecule has 1 aliphatic heterocycles. The van der Waals surface area contributed by atoms with Crippen molar-refractivity contribution in [1.29, 1.82) is 0 Å². The highest BCUT2D eigenvalue weighted by Crippen LogP contribution is 2.22. The molecular formula is C13H26N2OS. The van der Waals surface area contributed by atoms with Crippen LogP contribution < -0.4 is 10.6 Å². The number of carbonyl (C=O) groups is 1. The van der Waals surface area contributed by atoms with Gasteiger partial charge in [-0.15, -0.1) is 0 Å². The Morgan fingerprint density at radius 2 is 2.24 bits per heavy atom. The van der Waals surface area contributed by atoms with Gasteiger partial charge in [0, 0.05) is 5.54 Å². The Kier molecular flexibility index (Phi) is 5.80. The van der Waals surface area contributed by atoms with E-state index in [0.29, 0.717) is 0 Å². The van der Waals surface area contributed by atoms with Crippen LogP contribution in [0.15, 0.2) is 0 Å². The van der Waals surface area contributed by atoms with Crippen LogP contribution in [0.1, 0.15) is 40.5 Å². The number of hydrogen-bond acceptors (Lipinski definition) is 3. The summed E-state index contributed by atoms with van der Waals surface area (Å²) in [6.07, 6.45) is 2.23. The molecule has 2 N–H and O–H groups in total. The second-order valence-corrected chi connectivity index (χ2v) is 6.74. The summed E-state index contributed by atoms with van der Waals surface area (Å²) in [5, 5.41) is 6.42. The van der Waals surface area contributed by atoms with Gasteiger partial charge in [-0.05, 0) is 57.6 Å². The summed E-state index contributed by atoms with van der Waals surface area (Å²) in [7, 11) is 0. The van der Waals surface area contributed by atoms with Gasteiger partial charge in [0.25, 0.3) is 0 Å². The van der Waals surface area contributed by atoms with Crippen molar-refractivity contribution in [2.75, 3.05) is 18.1 Å². The second kappa shape index (κ2) is 6.64. The van der Waals surface area contributed by atoms with Gasteiger partial charge in [0.1, 0.15) is 0 Å². The standard InChI is InChI=1S/C13H26N2OS/c1-5-13(3,4)15-12(16)10(2)14-8-11-6-7-17-9-11/h10-11,14H,5-9H2,1-4H3,(H,15,16). The van der Waals surface area contributed by atoms with Crippen molar-refractivity contribution in [3.63, 3.8) is 0 Å². The third kappa shape index (κ3) is 5.30. The van der Waals surface area contributed by atoms with Gasteiger partial charge in [-0.2, -0.15) is 11.8 Å². The van der Waals surface area contributed by atoms with Crippen LogP contribution in [-0.4, -0.2) is 35.5 Å². The monoisotopic (exact) mass is 258 g/mol. The topological polar surface area (TPSA) is 41.1 Å². The SMILES string of the molecule is CCC(C)(C)NC(=O)C(C)NCC1CCSC1. The van der Waals surface area contributed by atoms with E-state index in [2.05, 4.69) is 31.4 Å². The number of hydrogen-bond donors (Lipinski definition) is 2. The van der Waals surface area contributed by atoms with E-state index in [1.54, 1.807) is 0 Å². The fourth-order valence-corrected chi connectivity index (χ4v) is 3.00. The van der Waals surface area contributed by atoms with Crippen molar-refractivity contribution in [3.8, 4) is 0 Å². The molecule has 100 valence electrons. The molecular weight excluding hydrogens is 232 g/mol. The van der Waals surface area contributed by atoms with Gasteiger partial charge >= 0.3 is 0 Å². The third-order valence-electron chi connectivity index (χ3n) is 3.48. The molecule has 1 rings (SSSR count). The fraction of sp³-hybridized carbons (Fsp3) is 0.923. The molecule has 1 amide bonds. The highest BCUT2D eigenvalue weighted by Gasteiger charge is 2.23. The largest absolute Gasteiger partial charge is 0.350 e. The van der Waals surface area contributed by atoms with Crippen molar-refractivity contribution < 1.29 is 4.79 Å². The van der Waals surface area contributed by atoms with E-state index in [0.717, 1.165) is 18.9 Å². The molecule has 0 aliphatic carbocycles. The van der Waals surface area contributed by atoms with Crippen LogP contribution in [-0.2, 0) is 4.79 Å². The first-order valence-electron chi connectivity index (χ1n) is 6.58. The molecule has 0 aromatic carbocycles. The molecule has 2 atom stereocenters. The molecule has 0 spiro atoms. The minimum atomic E-state index is -0.101. The molecule has 1 fully saturated rings. The van der Waals surface area contributed by atoms with Crippen LogP contribution in [0.5, 0.6) is 0 Å². The highest BCUT2D eigenvalue weighted by molar-refractivity contribution is 7.99. The molecule has 1 saturated heterocycles. The molecule has 0 saturated carbocycles. The van der Waals surface area contributed by atoms with Gasteiger partial charge < -0.3 is 10.6 Å². The molecule has 0 aromatic rings. The molecule has 0 bridgehead atoms. The summed E-state index contributed by atoms with van der Waals surface area (Å²) in [6.45, 7) is 9.13. The van der Waals surface area contributed by atoms with E-state index >= 15 is 0 Å². The van der Waals surface area contributed by atoms with Gasteiger partial charge in [-0.25, -0.2) is 0 Å². The predicted molar refractivity (Wildman–Crippen MR) is 75.4 cm³/mol. The van der Waals surface area contributed by atoms with Crippen LogP contribution in [0.4, 0.5) is 0 Å². The van der Waals surface area contributed by atoms with E-state index in [1.807, 2.05) is 18.7 Å². The van der Waals surface area contributed by atoms with Crippen LogP contribution in [0.3, 0.4) is 0 Å². The maximum absolute atomic E-state index is 11.9. The molecule has 0 radical (unpaired) electrons. The summed E-state index contributed by atoms with van der Waals surface area (Å²) in [4.78, 5) is 11.9. The number of amides is 1. The van der Waals surface area contributed by atoms with E-state index in [9.17, 15) is 4.79 Å². The number of thioether (sulfide) groups is 1. The summed E-state index contributed by atoms with van der Waals surface area (Å²) >= 11 is 2.02. The van der Waals surface area contributed by atoms with Gasteiger partial charge in [-0.1, -0.05) is 6.92 Å². The summed E-state index contributed by atoms with van der Waals surface area (Å²) in [5.74, 6) is 3.37. The van der Waals surface area contributed by atoms with Crippen LogP contribution >= 0.6 is 11.8 Å². The molecule has 1 aliphatic rings. The van der Waals surface area contributed by atoms with Crippen LogP contribution in [0, 0.1) is 5.92 Å². The number of rotatable bonds is 6. The second-order valence-electron chi connectivity index (χ2n) is 5.59. The zero-order valence-corrected chi connectivity index (χ0v) is 12.3. The van der Waals surface area contributed by atoms with E-state index in [1.165, 1.54) is 17.9 Å². The highest BCUT2D eigenvalue weighted by atomic mass is 32.2. The van der Waals surface area contributed by atoms with Crippen molar-refractivity contribution in [2.24, 2.45) is 5.92 Å². The van der Waals surface area contributed by atoms with Crippen molar-refractivity contribution >= 4 is 17.7 Å². The van der Waals surface area contributed by atoms with Gasteiger partial charge in [0.05, 0.1) is 6.04 Å². The third-order valence-corrected chi connectivity index (χ3v) is 4.71. The lowest BCUT2D eigenvalue weighted by atomic mass is 10.0. The molecule has 1 heterocycles. The van der Waals surface area contributed by atoms with Crippen LogP contribution in [0.25, 0.3) is 0 Å². The maximum atomic E-state index is 11.9. The van der Waals surface area contributed by atoms with Crippen molar-refractivity contribution in [2.45, 2.75) is 52.1 Å².